The summed E-state index contributed by atoms with van der Waals surface area (Å²) in [5.41, 5.74) is 2.30. The number of carbonyl (C=O) groups is 1. The first kappa shape index (κ1) is 9.38. The fourth-order valence-electron chi connectivity index (χ4n) is 2.11. The lowest BCUT2D eigenvalue weighted by Crippen LogP contribution is -2.15. The molecule has 0 N–H and O–H groups in total. The predicted molar refractivity (Wildman–Crippen MR) is 53.0 cm³/mol. The molecule has 0 aliphatic heterocycles. The van der Waals surface area contributed by atoms with Gasteiger partial charge in [0, 0.05) is 12.0 Å². The SMILES string of the molecule is CCc1ccc(F)c2c1C(=O)CCC2. The first-order valence-electron chi connectivity index (χ1n) is 5.07. The first-order valence-corrected chi connectivity index (χ1v) is 5.07. The van der Waals surface area contributed by atoms with Crippen LogP contribution in [0.3, 0.4) is 0 Å². The van der Waals surface area contributed by atoms with Crippen molar-refractivity contribution in [2.75, 3.05) is 0 Å². The Morgan fingerprint density at radius 2 is 2.14 bits per heavy atom. The third-order valence-corrected chi connectivity index (χ3v) is 2.83. The normalized spacial score (nSPS) is 15.4. The van der Waals surface area contributed by atoms with Gasteiger partial charge in [-0.3, -0.25) is 4.79 Å². The number of hydrogen-bond donors (Lipinski definition) is 0. The molecule has 0 bridgehead atoms. The molecule has 0 spiro atoms. The van der Waals surface area contributed by atoms with Crippen molar-refractivity contribution in [3.8, 4) is 0 Å². The van der Waals surface area contributed by atoms with Gasteiger partial charge in [-0.05, 0) is 36.5 Å². The van der Waals surface area contributed by atoms with E-state index in [1.165, 1.54) is 6.07 Å². The van der Waals surface area contributed by atoms with Crippen molar-refractivity contribution in [3.63, 3.8) is 0 Å². The minimum atomic E-state index is -0.217. The minimum Gasteiger partial charge on any atom is -0.294 e. The second-order valence-corrected chi connectivity index (χ2v) is 3.69. The molecule has 0 saturated heterocycles. The Balaban J connectivity index is 2.64. The largest absolute Gasteiger partial charge is 0.294 e. The Morgan fingerprint density at radius 3 is 2.86 bits per heavy atom. The van der Waals surface area contributed by atoms with E-state index in [4.69, 9.17) is 0 Å². The minimum absolute atomic E-state index is 0.114. The second kappa shape index (κ2) is 3.52. The predicted octanol–water partition coefficient (Wildman–Crippen LogP) is 2.91. The van der Waals surface area contributed by atoms with E-state index in [0.29, 0.717) is 24.0 Å². The highest BCUT2D eigenvalue weighted by Crippen LogP contribution is 2.27. The van der Waals surface area contributed by atoms with Gasteiger partial charge in [0.05, 0.1) is 0 Å². The summed E-state index contributed by atoms with van der Waals surface area (Å²) >= 11 is 0. The summed E-state index contributed by atoms with van der Waals surface area (Å²) in [5.74, 6) is -0.104. The van der Waals surface area contributed by atoms with Crippen LogP contribution < -0.4 is 0 Å². The van der Waals surface area contributed by atoms with E-state index in [-0.39, 0.29) is 11.6 Å². The monoisotopic (exact) mass is 192 g/mol. The summed E-state index contributed by atoms with van der Waals surface area (Å²) < 4.78 is 13.4. The van der Waals surface area contributed by atoms with E-state index >= 15 is 0 Å². The maximum absolute atomic E-state index is 13.4. The Morgan fingerprint density at radius 1 is 1.36 bits per heavy atom. The van der Waals surface area contributed by atoms with Crippen molar-refractivity contribution >= 4 is 5.78 Å². The van der Waals surface area contributed by atoms with Crippen LogP contribution in [-0.4, -0.2) is 5.78 Å². The average molecular weight is 192 g/mol. The molecule has 1 aliphatic rings. The molecular formula is C12H13FO. The van der Waals surface area contributed by atoms with E-state index in [1.54, 1.807) is 6.07 Å². The highest BCUT2D eigenvalue weighted by Gasteiger charge is 2.22. The van der Waals surface area contributed by atoms with Gasteiger partial charge in [-0.2, -0.15) is 0 Å². The molecule has 0 unspecified atom stereocenters. The van der Waals surface area contributed by atoms with E-state index in [9.17, 15) is 9.18 Å². The standard InChI is InChI=1S/C12H13FO/c1-2-8-6-7-10(13)9-4-3-5-11(14)12(8)9/h6-7H,2-5H2,1H3. The number of carbonyl (C=O) groups excluding carboxylic acids is 1. The highest BCUT2D eigenvalue weighted by molar-refractivity contribution is 5.99. The van der Waals surface area contributed by atoms with Crippen LogP contribution in [0.25, 0.3) is 0 Å². The van der Waals surface area contributed by atoms with Crippen molar-refractivity contribution in [2.45, 2.75) is 32.6 Å². The van der Waals surface area contributed by atoms with E-state index in [2.05, 4.69) is 0 Å². The van der Waals surface area contributed by atoms with Crippen molar-refractivity contribution in [1.82, 2.24) is 0 Å². The molecule has 0 fully saturated rings. The number of rotatable bonds is 1. The van der Waals surface area contributed by atoms with Gasteiger partial charge in [0.1, 0.15) is 5.82 Å². The fraction of sp³-hybridized carbons (Fsp3) is 0.417. The van der Waals surface area contributed by atoms with E-state index in [0.717, 1.165) is 18.4 Å². The van der Waals surface area contributed by atoms with Crippen LogP contribution in [0, 0.1) is 5.82 Å². The van der Waals surface area contributed by atoms with Gasteiger partial charge < -0.3 is 0 Å². The maximum Gasteiger partial charge on any atom is 0.163 e. The Kier molecular flexibility index (Phi) is 2.36. The summed E-state index contributed by atoms with van der Waals surface area (Å²) in [6, 6.07) is 3.22. The Bertz CT molecular complexity index is 382. The zero-order valence-corrected chi connectivity index (χ0v) is 8.27. The molecule has 0 aromatic heterocycles. The van der Waals surface area contributed by atoms with Crippen LogP contribution >= 0.6 is 0 Å². The van der Waals surface area contributed by atoms with Gasteiger partial charge in [0.2, 0.25) is 0 Å². The van der Waals surface area contributed by atoms with Crippen molar-refractivity contribution in [2.24, 2.45) is 0 Å². The molecule has 0 atom stereocenters. The van der Waals surface area contributed by atoms with Crippen LogP contribution in [0.2, 0.25) is 0 Å². The second-order valence-electron chi connectivity index (χ2n) is 3.69. The van der Waals surface area contributed by atoms with Crippen LogP contribution in [-0.2, 0) is 12.8 Å². The molecule has 74 valence electrons. The third-order valence-electron chi connectivity index (χ3n) is 2.83. The Labute approximate surface area is 82.9 Å². The number of fused-ring (bicyclic) bond motifs is 1. The van der Waals surface area contributed by atoms with Gasteiger partial charge >= 0.3 is 0 Å². The number of ketones is 1. The lowest BCUT2D eigenvalue weighted by molar-refractivity contribution is 0.0970. The van der Waals surface area contributed by atoms with Crippen LogP contribution in [0.1, 0.15) is 41.3 Å². The highest BCUT2D eigenvalue weighted by atomic mass is 19.1. The maximum atomic E-state index is 13.4. The molecule has 2 rings (SSSR count). The van der Waals surface area contributed by atoms with Crippen molar-refractivity contribution < 1.29 is 9.18 Å². The molecule has 1 nitrogen and oxygen atoms in total. The van der Waals surface area contributed by atoms with E-state index in [1.807, 2.05) is 6.92 Å². The summed E-state index contributed by atoms with van der Waals surface area (Å²) in [6.07, 6.45) is 2.87. The number of hydrogen-bond acceptors (Lipinski definition) is 1. The van der Waals surface area contributed by atoms with Crippen molar-refractivity contribution in [1.29, 1.82) is 0 Å². The van der Waals surface area contributed by atoms with Gasteiger partial charge in [-0.1, -0.05) is 13.0 Å². The molecule has 0 saturated carbocycles. The number of Topliss-reactive ketones (excluding diaryl/α,β-unsaturated/α-hetero) is 1. The lowest BCUT2D eigenvalue weighted by Gasteiger charge is -2.18. The zero-order chi connectivity index (χ0) is 10.1. The Hall–Kier alpha value is -1.18. The van der Waals surface area contributed by atoms with Gasteiger partial charge in [0.25, 0.3) is 0 Å². The quantitative estimate of drug-likeness (QED) is 0.668. The molecule has 14 heavy (non-hydrogen) atoms. The van der Waals surface area contributed by atoms with Gasteiger partial charge in [0.15, 0.2) is 5.78 Å². The topological polar surface area (TPSA) is 17.1 Å². The van der Waals surface area contributed by atoms with Gasteiger partial charge in [-0.25, -0.2) is 4.39 Å². The summed E-state index contributed by atoms with van der Waals surface area (Å²) in [7, 11) is 0. The molecule has 1 aromatic rings. The lowest BCUT2D eigenvalue weighted by atomic mass is 9.86. The molecule has 1 aromatic carbocycles. The first-order chi connectivity index (χ1) is 6.74. The molecule has 0 radical (unpaired) electrons. The number of aryl methyl sites for hydroxylation is 1. The molecule has 0 amide bonds. The summed E-state index contributed by atoms with van der Waals surface area (Å²) in [6.45, 7) is 2.00. The van der Waals surface area contributed by atoms with Crippen LogP contribution in [0.5, 0.6) is 0 Å². The van der Waals surface area contributed by atoms with Crippen LogP contribution in [0.4, 0.5) is 4.39 Å². The van der Waals surface area contributed by atoms with Crippen molar-refractivity contribution in [3.05, 3.63) is 34.6 Å². The number of benzene rings is 1. The average Bonchev–Trinajstić information content (AvgIpc) is 2.20. The molecule has 0 heterocycles. The van der Waals surface area contributed by atoms with Crippen LogP contribution in [0.15, 0.2) is 12.1 Å². The summed E-state index contributed by atoms with van der Waals surface area (Å²) in [5, 5.41) is 0. The van der Waals surface area contributed by atoms with Gasteiger partial charge in [-0.15, -0.1) is 0 Å². The fourth-order valence-corrected chi connectivity index (χ4v) is 2.11. The molecular weight excluding hydrogens is 179 g/mol. The third kappa shape index (κ3) is 1.35. The summed E-state index contributed by atoms with van der Waals surface area (Å²) in [4.78, 5) is 11.7. The van der Waals surface area contributed by atoms with E-state index < -0.39 is 0 Å². The number of halogens is 1. The molecule has 2 heteroatoms. The molecule has 1 aliphatic carbocycles. The zero-order valence-electron chi connectivity index (χ0n) is 8.27. The smallest absolute Gasteiger partial charge is 0.163 e.